The van der Waals surface area contributed by atoms with Gasteiger partial charge in [-0.3, -0.25) is 9.59 Å². The van der Waals surface area contributed by atoms with Crippen molar-refractivity contribution in [3.05, 3.63) is 29.8 Å². The van der Waals surface area contributed by atoms with Gasteiger partial charge < -0.3 is 10.1 Å². The minimum atomic E-state index is -3.52. The molecule has 0 spiro atoms. The van der Waals surface area contributed by atoms with Crippen LogP contribution in [0.1, 0.15) is 55.3 Å². The van der Waals surface area contributed by atoms with Crippen LogP contribution in [0.2, 0.25) is 0 Å². The fourth-order valence-corrected chi connectivity index (χ4v) is 4.59. The summed E-state index contributed by atoms with van der Waals surface area (Å²) in [5.41, 5.74) is 0.348. The van der Waals surface area contributed by atoms with Crippen LogP contribution in [0.4, 0.5) is 0 Å². The first-order valence-electron chi connectivity index (χ1n) is 9.40. The molecule has 1 aromatic rings. The van der Waals surface area contributed by atoms with Crippen molar-refractivity contribution in [1.82, 2.24) is 9.62 Å². The summed E-state index contributed by atoms with van der Waals surface area (Å²) in [6.45, 7) is 1.59. The molecule has 1 heterocycles. The van der Waals surface area contributed by atoms with Gasteiger partial charge in [-0.15, -0.1) is 0 Å². The van der Waals surface area contributed by atoms with E-state index in [1.165, 1.54) is 23.5 Å². The van der Waals surface area contributed by atoms with E-state index in [1.807, 2.05) is 0 Å². The molecule has 0 saturated carbocycles. The lowest BCUT2D eigenvalue weighted by Gasteiger charge is -2.16. The average molecular weight is 397 g/mol. The van der Waals surface area contributed by atoms with Crippen LogP contribution in [-0.4, -0.2) is 51.3 Å². The molecular weight excluding hydrogens is 368 g/mol. The highest BCUT2D eigenvalue weighted by Crippen LogP contribution is 2.21. The SMILES string of the molecule is COC(=O)CCCCCCNC(=O)c1cccc(S(=O)(=O)N2CCCC2)c1. The van der Waals surface area contributed by atoms with Crippen molar-refractivity contribution < 1.29 is 22.7 Å². The van der Waals surface area contributed by atoms with Crippen molar-refractivity contribution in [3.63, 3.8) is 0 Å². The van der Waals surface area contributed by atoms with Crippen LogP contribution < -0.4 is 5.32 Å². The molecule has 7 nitrogen and oxygen atoms in total. The number of benzene rings is 1. The maximum atomic E-state index is 12.6. The Morgan fingerprint density at radius 2 is 1.81 bits per heavy atom. The van der Waals surface area contributed by atoms with Crippen molar-refractivity contribution in [2.45, 2.75) is 49.8 Å². The minimum absolute atomic E-state index is 0.167. The van der Waals surface area contributed by atoms with Gasteiger partial charge in [0.2, 0.25) is 10.0 Å². The highest BCUT2D eigenvalue weighted by molar-refractivity contribution is 7.89. The number of amides is 1. The number of unbranched alkanes of at least 4 members (excludes halogenated alkanes) is 3. The predicted molar refractivity (Wildman–Crippen MR) is 102 cm³/mol. The Hall–Kier alpha value is -1.93. The molecule has 1 fully saturated rings. The molecule has 2 rings (SSSR count). The number of rotatable bonds is 10. The molecule has 1 aliphatic heterocycles. The molecule has 0 aromatic heterocycles. The molecule has 0 atom stereocenters. The number of sulfonamides is 1. The molecule has 1 saturated heterocycles. The number of carbonyl (C=O) groups is 2. The number of hydrogen-bond donors (Lipinski definition) is 1. The fraction of sp³-hybridized carbons (Fsp3) is 0.579. The second-order valence-electron chi connectivity index (χ2n) is 6.64. The summed E-state index contributed by atoms with van der Waals surface area (Å²) in [6, 6.07) is 6.20. The van der Waals surface area contributed by atoms with E-state index >= 15 is 0 Å². The molecule has 150 valence electrons. The molecule has 1 aromatic carbocycles. The van der Waals surface area contributed by atoms with Crippen molar-refractivity contribution in [3.8, 4) is 0 Å². The Morgan fingerprint density at radius 1 is 1.11 bits per heavy atom. The third-order valence-corrected chi connectivity index (χ3v) is 6.51. The first-order valence-corrected chi connectivity index (χ1v) is 10.8. The van der Waals surface area contributed by atoms with Crippen LogP contribution in [-0.2, 0) is 19.6 Å². The van der Waals surface area contributed by atoms with Crippen LogP contribution in [0.5, 0.6) is 0 Å². The zero-order chi connectivity index (χ0) is 19.7. The predicted octanol–water partition coefficient (Wildman–Crippen LogP) is 2.32. The van der Waals surface area contributed by atoms with Crippen LogP contribution in [0.3, 0.4) is 0 Å². The molecule has 0 radical (unpaired) electrons. The van der Waals surface area contributed by atoms with Gasteiger partial charge in [-0.05, 0) is 43.9 Å². The van der Waals surface area contributed by atoms with Gasteiger partial charge in [0.25, 0.3) is 5.91 Å². The molecule has 27 heavy (non-hydrogen) atoms. The standard InChI is InChI=1S/C19H28N2O5S/c1-26-18(22)11-4-2-3-5-12-20-19(23)16-9-8-10-17(15-16)27(24,25)21-13-6-7-14-21/h8-10,15H,2-7,11-14H2,1H3,(H,20,23). The summed E-state index contributed by atoms with van der Waals surface area (Å²) >= 11 is 0. The Balaban J connectivity index is 1.79. The van der Waals surface area contributed by atoms with E-state index < -0.39 is 10.0 Å². The smallest absolute Gasteiger partial charge is 0.305 e. The summed E-state index contributed by atoms with van der Waals surface area (Å²) < 4.78 is 31.3. The van der Waals surface area contributed by atoms with Crippen LogP contribution in [0, 0.1) is 0 Å². The number of ether oxygens (including phenoxy) is 1. The zero-order valence-corrected chi connectivity index (χ0v) is 16.6. The normalized spacial score (nSPS) is 14.9. The van der Waals surface area contributed by atoms with Crippen LogP contribution in [0.25, 0.3) is 0 Å². The Bertz CT molecular complexity index is 742. The summed E-state index contributed by atoms with van der Waals surface area (Å²) in [4.78, 5) is 23.5. The number of nitrogens with one attached hydrogen (secondary N) is 1. The van der Waals surface area contributed by atoms with Gasteiger partial charge in [0, 0.05) is 31.6 Å². The van der Waals surface area contributed by atoms with E-state index in [9.17, 15) is 18.0 Å². The highest BCUT2D eigenvalue weighted by Gasteiger charge is 2.27. The number of esters is 1. The third kappa shape index (κ3) is 6.32. The Labute approximate surface area is 161 Å². The maximum Gasteiger partial charge on any atom is 0.305 e. The van der Waals surface area contributed by atoms with E-state index in [0.29, 0.717) is 31.6 Å². The van der Waals surface area contributed by atoms with Crippen molar-refractivity contribution >= 4 is 21.9 Å². The van der Waals surface area contributed by atoms with E-state index in [1.54, 1.807) is 12.1 Å². The molecule has 1 amide bonds. The van der Waals surface area contributed by atoms with Crippen molar-refractivity contribution in [1.29, 1.82) is 0 Å². The van der Waals surface area contributed by atoms with E-state index in [2.05, 4.69) is 10.1 Å². The Morgan fingerprint density at radius 3 is 2.52 bits per heavy atom. The van der Waals surface area contributed by atoms with Gasteiger partial charge in [0.05, 0.1) is 12.0 Å². The van der Waals surface area contributed by atoms with Crippen LogP contribution >= 0.6 is 0 Å². The highest BCUT2D eigenvalue weighted by atomic mass is 32.2. The summed E-state index contributed by atoms with van der Waals surface area (Å²) in [7, 11) is -2.15. The lowest BCUT2D eigenvalue weighted by atomic mass is 10.1. The van der Waals surface area contributed by atoms with E-state index in [0.717, 1.165) is 38.5 Å². The molecule has 0 aliphatic carbocycles. The third-order valence-electron chi connectivity index (χ3n) is 4.62. The lowest BCUT2D eigenvalue weighted by molar-refractivity contribution is -0.140. The van der Waals surface area contributed by atoms with Gasteiger partial charge in [0.15, 0.2) is 0 Å². The van der Waals surface area contributed by atoms with Gasteiger partial charge in [-0.25, -0.2) is 8.42 Å². The maximum absolute atomic E-state index is 12.6. The van der Waals surface area contributed by atoms with Crippen molar-refractivity contribution in [2.75, 3.05) is 26.7 Å². The van der Waals surface area contributed by atoms with E-state index in [-0.39, 0.29) is 16.8 Å². The molecular formula is C19H28N2O5S. The van der Waals surface area contributed by atoms with Gasteiger partial charge in [-0.1, -0.05) is 18.9 Å². The molecule has 1 N–H and O–H groups in total. The lowest BCUT2D eigenvalue weighted by Crippen LogP contribution is -2.28. The summed E-state index contributed by atoms with van der Waals surface area (Å²) in [5.74, 6) is -0.477. The first kappa shape index (κ1) is 21.4. The fourth-order valence-electron chi connectivity index (χ4n) is 3.03. The Kier molecular flexibility index (Phi) is 8.24. The molecule has 8 heteroatoms. The van der Waals surface area contributed by atoms with Gasteiger partial charge in [0.1, 0.15) is 0 Å². The first-order chi connectivity index (χ1) is 12.9. The van der Waals surface area contributed by atoms with Gasteiger partial charge in [-0.2, -0.15) is 4.31 Å². The van der Waals surface area contributed by atoms with Crippen LogP contribution in [0.15, 0.2) is 29.2 Å². The quantitative estimate of drug-likeness (QED) is 0.484. The number of methoxy groups -OCH3 is 1. The number of carbonyl (C=O) groups excluding carboxylic acids is 2. The molecule has 1 aliphatic rings. The topological polar surface area (TPSA) is 92.8 Å². The second kappa shape index (κ2) is 10.4. The summed E-state index contributed by atoms with van der Waals surface area (Å²) in [5, 5.41) is 2.82. The number of nitrogens with zero attached hydrogens (tertiary/aromatic N) is 1. The van der Waals surface area contributed by atoms with E-state index in [4.69, 9.17) is 0 Å². The average Bonchev–Trinajstić information content (AvgIpc) is 3.22. The number of hydrogen-bond acceptors (Lipinski definition) is 5. The second-order valence-corrected chi connectivity index (χ2v) is 8.57. The largest absolute Gasteiger partial charge is 0.469 e. The zero-order valence-electron chi connectivity index (χ0n) is 15.8. The van der Waals surface area contributed by atoms with Crippen molar-refractivity contribution in [2.24, 2.45) is 0 Å². The molecule has 0 unspecified atom stereocenters. The minimum Gasteiger partial charge on any atom is -0.469 e. The molecule has 0 bridgehead atoms. The summed E-state index contributed by atoms with van der Waals surface area (Å²) in [6.07, 6.45) is 5.55. The van der Waals surface area contributed by atoms with Gasteiger partial charge >= 0.3 is 5.97 Å². The monoisotopic (exact) mass is 396 g/mol.